The maximum absolute atomic E-state index is 12.0. The van der Waals surface area contributed by atoms with E-state index in [4.69, 9.17) is 9.47 Å². The molecule has 1 N–H and O–H groups in total. The topological polar surface area (TPSA) is 47.6 Å². The number of anilines is 1. The lowest BCUT2D eigenvalue weighted by atomic mass is 10.2. The van der Waals surface area contributed by atoms with Crippen LogP contribution in [-0.4, -0.2) is 25.3 Å². The highest BCUT2D eigenvalue weighted by Crippen LogP contribution is 2.33. The van der Waals surface area contributed by atoms with E-state index < -0.39 is 12.1 Å². The van der Waals surface area contributed by atoms with Crippen LogP contribution >= 0.6 is 0 Å². The standard InChI is InChI=1S/C10H8F3NO3/c11-10(12,13)9(15)14-6-1-2-7-8(5-6)17-4-3-16-7/h1-2,5H,3-4H2,(H,14,15). The van der Waals surface area contributed by atoms with Gasteiger partial charge in [-0.3, -0.25) is 4.79 Å². The molecule has 0 bridgehead atoms. The maximum Gasteiger partial charge on any atom is 0.471 e. The van der Waals surface area contributed by atoms with Crippen LogP contribution in [0.25, 0.3) is 0 Å². The minimum Gasteiger partial charge on any atom is -0.486 e. The molecule has 92 valence electrons. The quantitative estimate of drug-likeness (QED) is 0.825. The molecule has 1 amide bonds. The van der Waals surface area contributed by atoms with E-state index in [1.807, 2.05) is 0 Å². The Bertz CT molecular complexity index is 445. The van der Waals surface area contributed by atoms with Gasteiger partial charge in [-0.25, -0.2) is 0 Å². The Morgan fingerprint density at radius 2 is 1.82 bits per heavy atom. The van der Waals surface area contributed by atoms with Crippen LogP contribution in [0.5, 0.6) is 11.5 Å². The van der Waals surface area contributed by atoms with E-state index in [1.54, 1.807) is 5.32 Å². The van der Waals surface area contributed by atoms with Crippen LogP contribution in [0.1, 0.15) is 0 Å². The first-order valence-corrected chi connectivity index (χ1v) is 4.74. The van der Waals surface area contributed by atoms with Gasteiger partial charge in [0.2, 0.25) is 0 Å². The molecule has 1 aliphatic heterocycles. The molecule has 0 atom stereocenters. The second-order valence-electron chi connectivity index (χ2n) is 3.31. The van der Waals surface area contributed by atoms with Crippen molar-refractivity contribution in [2.24, 2.45) is 0 Å². The monoisotopic (exact) mass is 247 g/mol. The minimum atomic E-state index is -4.91. The summed E-state index contributed by atoms with van der Waals surface area (Å²) in [5.74, 6) is -1.26. The van der Waals surface area contributed by atoms with Crippen molar-refractivity contribution in [1.82, 2.24) is 0 Å². The molecular formula is C10H8F3NO3. The number of rotatable bonds is 1. The smallest absolute Gasteiger partial charge is 0.471 e. The van der Waals surface area contributed by atoms with Gasteiger partial charge >= 0.3 is 12.1 Å². The Balaban J connectivity index is 2.15. The highest BCUT2D eigenvalue weighted by Gasteiger charge is 2.38. The van der Waals surface area contributed by atoms with E-state index in [9.17, 15) is 18.0 Å². The number of alkyl halides is 3. The fourth-order valence-corrected chi connectivity index (χ4v) is 1.32. The van der Waals surface area contributed by atoms with Crippen LogP contribution in [0.15, 0.2) is 18.2 Å². The molecule has 1 heterocycles. The second-order valence-corrected chi connectivity index (χ2v) is 3.31. The number of hydrogen-bond acceptors (Lipinski definition) is 3. The molecule has 17 heavy (non-hydrogen) atoms. The van der Waals surface area contributed by atoms with Gasteiger partial charge in [0.05, 0.1) is 0 Å². The van der Waals surface area contributed by atoms with Gasteiger partial charge < -0.3 is 14.8 Å². The van der Waals surface area contributed by atoms with E-state index >= 15 is 0 Å². The summed E-state index contributed by atoms with van der Waals surface area (Å²) in [6.07, 6.45) is -4.91. The number of hydrogen-bond donors (Lipinski definition) is 1. The van der Waals surface area contributed by atoms with E-state index in [0.717, 1.165) is 0 Å². The third-order valence-corrected chi connectivity index (χ3v) is 2.06. The molecule has 0 saturated heterocycles. The Morgan fingerprint density at radius 3 is 2.47 bits per heavy atom. The molecule has 1 aromatic rings. The van der Waals surface area contributed by atoms with Gasteiger partial charge in [-0.15, -0.1) is 0 Å². The summed E-state index contributed by atoms with van der Waals surface area (Å²) in [5, 5.41) is 1.73. The van der Waals surface area contributed by atoms with Crippen LogP contribution in [-0.2, 0) is 4.79 Å². The molecule has 0 aromatic heterocycles. The summed E-state index contributed by atoms with van der Waals surface area (Å²) < 4.78 is 46.4. The summed E-state index contributed by atoms with van der Waals surface area (Å²) in [4.78, 5) is 10.7. The Labute approximate surface area is 94.3 Å². The summed E-state index contributed by atoms with van der Waals surface area (Å²) in [6.45, 7) is 0.713. The normalized spacial score (nSPS) is 14.3. The molecule has 0 radical (unpaired) electrons. The van der Waals surface area contributed by atoms with Crippen molar-refractivity contribution in [2.75, 3.05) is 18.5 Å². The highest BCUT2D eigenvalue weighted by molar-refractivity contribution is 5.95. The maximum atomic E-state index is 12.0. The summed E-state index contributed by atoms with van der Waals surface area (Å²) in [5.41, 5.74) is 0.0107. The number of nitrogens with one attached hydrogen (secondary N) is 1. The first kappa shape index (κ1) is 11.6. The minimum absolute atomic E-state index is 0.0107. The Morgan fingerprint density at radius 1 is 1.18 bits per heavy atom. The molecule has 7 heteroatoms. The third kappa shape index (κ3) is 2.61. The molecule has 1 aliphatic rings. The number of carbonyl (C=O) groups excluding carboxylic acids is 1. The van der Waals surface area contributed by atoms with Gasteiger partial charge in [0.25, 0.3) is 0 Å². The van der Waals surface area contributed by atoms with Gasteiger partial charge in [-0.1, -0.05) is 0 Å². The molecule has 0 saturated carbocycles. The van der Waals surface area contributed by atoms with Gasteiger partial charge in [-0.05, 0) is 12.1 Å². The van der Waals surface area contributed by atoms with E-state index in [1.165, 1.54) is 18.2 Å². The van der Waals surface area contributed by atoms with Crippen molar-refractivity contribution in [3.8, 4) is 11.5 Å². The van der Waals surface area contributed by atoms with Crippen molar-refractivity contribution in [2.45, 2.75) is 6.18 Å². The number of fused-ring (bicyclic) bond motifs is 1. The highest BCUT2D eigenvalue weighted by atomic mass is 19.4. The molecular weight excluding hydrogens is 239 g/mol. The molecule has 0 unspecified atom stereocenters. The first-order valence-electron chi connectivity index (χ1n) is 4.74. The second kappa shape index (κ2) is 4.15. The van der Waals surface area contributed by atoms with Crippen molar-refractivity contribution in [3.05, 3.63) is 18.2 Å². The zero-order chi connectivity index (χ0) is 12.5. The number of halogens is 3. The number of ether oxygens (including phenoxy) is 2. The SMILES string of the molecule is O=C(Nc1ccc2c(c1)OCCO2)C(F)(F)F. The Kier molecular flexibility index (Phi) is 2.83. The predicted molar refractivity (Wildman–Crippen MR) is 52.1 cm³/mol. The summed E-state index contributed by atoms with van der Waals surface area (Å²) in [7, 11) is 0. The third-order valence-electron chi connectivity index (χ3n) is 2.06. The molecule has 0 fully saturated rings. The molecule has 2 rings (SSSR count). The summed E-state index contributed by atoms with van der Waals surface area (Å²) >= 11 is 0. The van der Waals surface area contributed by atoms with Crippen molar-refractivity contribution < 1.29 is 27.4 Å². The van der Waals surface area contributed by atoms with Gasteiger partial charge in [-0.2, -0.15) is 13.2 Å². The predicted octanol–water partition coefficient (Wildman–Crippen LogP) is 1.96. The van der Waals surface area contributed by atoms with Crippen molar-refractivity contribution >= 4 is 11.6 Å². The Hall–Kier alpha value is -1.92. The lowest BCUT2D eigenvalue weighted by molar-refractivity contribution is -0.167. The molecule has 4 nitrogen and oxygen atoms in total. The lowest BCUT2D eigenvalue weighted by Gasteiger charge is -2.19. The fourth-order valence-electron chi connectivity index (χ4n) is 1.32. The van der Waals surface area contributed by atoms with Gasteiger partial charge in [0.15, 0.2) is 11.5 Å². The van der Waals surface area contributed by atoms with E-state index in [2.05, 4.69) is 0 Å². The van der Waals surface area contributed by atoms with Crippen LogP contribution in [0.4, 0.5) is 18.9 Å². The molecule has 0 spiro atoms. The fraction of sp³-hybridized carbons (Fsp3) is 0.300. The average molecular weight is 247 g/mol. The lowest BCUT2D eigenvalue weighted by Crippen LogP contribution is -2.30. The van der Waals surface area contributed by atoms with Gasteiger partial charge in [0, 0.05) is 11.8 Å². The van der Waals surface area contributed by atoms with Gasteiger partial charge in [0.1, 0.15) is 13.2 Å². The zero-order valence-corrected chi connectivity index (χ0v) is 8.50. The molecule has 0 aliphatic carbocycles. The van der Waals surface area contributed by atoms with Crippen molar-refractivity contribution in [3.63, 3.8) is 0 Å². The average Bonchev–Trinajstić information content (AvgIpc) is 2.27. The molecule has 1 aromatic carbocycles. The van der Waals surface area contributed by atoms with Crippen LogP contribution in [0.3, 0.4) is 0 Å². The zero-order valence-electron chi connectivity index (χ0n) is 8.50. The van der Waals surface area contributed by atoms with E-state index in [-0.39, 0.29) is 5.69 Å². The van der Waals surface area contributed by atoms with Crippen LogP contribution < -0.4 is 14.8 Å². The first-order chi connectivity index (χ1) is 7.97. The van der Waals surface area contributed by atoms with Crippen LogP contribution in [0, 0.1) is 0 Å². The number of benzene rings is 1. The number of carbonyl (C=O) groups is 1. The van der Waals surface area contributed by atoms with Crippen molar-refractivity contribution in [1.29, 1.82) is 0 Å². The van der Waals surface area contributed by atoms with Crippen LogP contribution in [0.2, 0.25) is 0 Å². The van der Waals surface area contributed by atoms with E-state index in [0.29, 0.717) is 24.7 Å². The largest absolute Gasteiger partial charge is 0.486 e. The summed E-state index contributed by atoms with van der Waals surface area (Å²) in [6, 6.07) is 4.05. The number of amides is 1.